The van der Waals surface area contributed by atoms with Gasteiger partial charge in [-0.05, 0) is 57.6 Å². The Morgan fingerprint density at radius 2 is 1.96 bits per heavy atom. The summed E-state index contributed by atoms with van der Waals surface area (Å²) in [5.41, 5.74) is 0.746. The zero-order chi connectivity index (χ0) is 20.3. The second-order valence-electron chi connectivity index (χ2n) is 7.71. The summed E-state index contributed by atoms with van der Waals surface area (Å²) in [6, 6.07) is 5.34. The van der Waals surface area contributed by atoms with Gasteiger partial charge in [-0.15, -0.1) is 0 Å². The molecule has 0 bridgehead atoms. The SMILES string of the molecule is CN(C)CCCCNC(=O)[C@@H]1C[C@@H]2C(=O)NCC(=O)N2[C@@H]1c1ccc(O)cc1. The van der Waals surface area contributed by atoms with Crippen LogP contribution in [0, 0.1) is 5.92 Å². The van der Waals surface area contributed by atoms with Crippen LogP contribution in [0.5, 0.6) is 5.75 Å². The van der Waals surface area contributed by atoms with Crippen molar-refractivity contribution in [3.63, 3.8) is 0 Å². The summed E-state index contributed by atoms with van der Waals surface area (Å²) in [6.07, 6.45) is 2.15. The van der Waals surface area contributed by atoms with Crippen molar-refractivity contribution in [1.82, 2.24) is 20.4 Å². The first-order valence-electron chi connectivity index (χ1n) is 9.68. The number of hydrogen-bond acceptors (Lipinski definition) is 5. The van der Waals surface area contributed by atoms with Gasteiger partial charge in [0.15, 0.2) is 0 Å². The van der Waals surface area contributed by atoms with E-state index in [1.165, 1.54) is 12.1 Å². The number of benzene rings is 1. The zero-order valence-electron chi connectivity index (χ0n) is 16.4. The number of rotatable bonds is 7. The first-order chi connectivity index (χ1) is 13.4. The minimum absolute atomic E-state index is 0.0528. The number of carbonyl (C=O) groups excluding carboxylic acids is 3. The average molecular weight is 388 g/mol. The third kappa shape index (κ3) is 4.27. The Hall–Kier alpha value is -2.61. The Kier molecular flexibility index (Phi) is 6.18. The molecule has 3 N–H and O–H groups in total. The molecule has 0 aliphatic carbocycles. The fourth-order valence-corrected chi connectivity index (χ4v) is 4.02. The number of phenols is 1. The predicted octanol–water partition coefficient (Wildman–Crippen LogP) is 0.238. The standard InChI is InChI=1S/C20H28N4O4/c1-23(2)10-4-3-9-21-19(27)15-11-16-20(28)22-12-17(26)24(16)18(15)13-5-7-14(25)8-6-13/h5-8,15-16,18,25H,3-4,9-12H2,1-2H3,(H,21,27)(H,22,28)/t15-,16-,18-/m1/s1. The maximum Gasteiger partial charge on any atom is 0.243 e. The van der Waals surface area contributed by atoms with E-state index in [-0.39, 0.29) is 30.0 Å². The molecule has 0 saturated carbocycles. The van der Waals surface area contributed by atoms with Crippen LogP contribution in [0.3, 0.4) is 0 Å². The summed E-state index contributed by atoms with van der Waals surface area (Å²) >= 11 is 0. The molecule has 3 atom stereocenters. The fourth-order valence-electron chi connectivity index (χ4n) is 4.02. The summed E-state index contributed by atoms with van der Waals surface area (Å²) in [5.74, 6) is -0.939. The van der Waals surface area contributed by atoms with Crippen LogP contribution in [0.15, 0.2) is 24.3 Å². The summed E-state index contributed by atoms with van der Waals surface area (Å²) in [5, 5.41) is 15.2. The molecule has 8 nitrogen and oxygen atoms in total. The molecule has 3 amide bonds. The largest absolute Gasteiger partial charge is 0.508 e. The zero-order valence-corrected chi connectivity index (χ0v) is 16.4. The van der Waals surface area contributed by atoms with E-state index in [0.717, 1.165) is 24.9 Å². The third-order valence-electron chi connectivity index (χ3n) is 5.40. The molecule has 2 aliphatic rings. The van der Waals surface area contributed by atoms with Crippen molar-refractivity contribution in [2.24, 2.45) is 5.92 Å². The highest BCUT2D eigenvalue weighted by Gasteiger charge is 2.51. The maximum absolute atomic E-state index is 12.9. The number of fused-ring (bicyclic) bond motifs is 1. The first kappa shape index (κ1) is 20.1. The maximum atomic E-state index is 12.9. The summed E-state index contributed by atoms with van der Waals surface area (Å²) in [6.45, 7) is 1.47. The van der Waals surface area contributed by atoms with Gasteiger partial charge in [0.1, 0.15) is 11.8 Å². The van der Waals surface area contributed by atoms with Crippen LogP contribution in [0.2, 0.25) is 0 Å². The minimum atomic E-state index is -0.635. The quantitative estimate of drug-likeness (QED) is 0.581. The third-order valence-corrected chi connectivity index (χ3v) is 5.40. The second kappa shape index (κ2) is 8.60. The van der Waals surface area contributed by atoms with Gasteiger partial charge in [0, 0.05) is 6.54 Å². The number of amides is 3. The van der Waals surface area contributed by atoms with Crippen LogP contribution >= 0.6 is 0 Å². The Labute approximate surface area is 164 Å². The van der Waals surface area contributed by atoms with Gasteiger partial charge in [0.05, 0.1) is 18.5 Å². The molecule has 2 fully saturated rings. The molecule has 0 unspecified atom stereocenters. The molecule has 2 heterocycles. The lowest BCUT2D eigenvalue weighted by molar-refractivity contribution is -0.145. The average Bonchev–Trinajstić information content (AvgIpc) is 3.07. The van der Waals surface area contributed by atoms with E-state index < -0.39 is 18.0 Å². The second-order valence-corrected chi connectivity index (χ2v) is 7.71. The molecule has 3 rings (SSSR count). The van der Waals surface area contributed by atoms with Crippen molar-refractivity contribution < 1.29 is 19.5 Å². The number of aromatic hydroxyl groups is 1. The molecular weight excluding hydrogens is 360 g/mol. The minimum Gasteiger partial charge on any atom is -0.508 e. The summed E-state index contributed by atoms with van der Waals surface area (Å²) in [4.78, 5) is 41.4. The molecule has 1 aromatic carbocycles. The van der Waals surface area contributed by atoms with Crippen molar-refractivity contribution in [3.05, 3.63) is 29.8 Å². The molecule has 0 radical (unpaired) electrons. The van der Waals surface area contributed by atoms with Crippen LogP contribution in [-0.2, 0) is 14.4 Å². The van der Waals surface area contributed by atoms with Crippen molar-refractivity contribution in [3.8, 4) is 5.75 Å². The molecule has 0 spiro atoms. The van der Waals surface area contributed by atoms with E-state index in [2.05, 4.69) is 15.5 Å². The Bertz CT molecular complexity index is 734. The van der Waals surface area contributed by atoms with E-state index in [1.807, 2.05) is 14.1 Å². The topological polar surface area (TPSA) is 102 Å². The lowest BCUT2D eigenvalue weighted by Gasteiger charge is -2.34. The fraction of sp³-hybridized carbons (Fsp3) is 0.550. The molecule has 28 heavy (non-hydrogen) atoms. The number of nitrogens with zero attached hydrogens (tertiary/aromatic N) is 2. The number of unbranched alkanes of at least 4 members (excludes halogenated alkanes) is 1. The number of nitrogens with one attached hydrogen (secondary N) is 2. The Morgan fingerprint density at radius 3 is 2.64 bits per heavy atom. The molecular formula is C20H28N4O4. The van der Waals surface area contributed by atoms with Crippen LogP contribution in [0.25, 0.3) is 0 Å². The van der Waals surface area contributed by atoms with E-state index >= 15 is 0 Å². The monoisotopic (exact) mass is 388 g/mol. The highest BCUT2D eigenvalue weighted by atomic mass is 16.3. The van der Waals surface area contributed by atoms with Gasteiger partial charge < -0.3 is 25.5 Å². The Balaban J connectivity index is 1.75. The van der Waals surface area contributed by atoms with Gasteiger partial charge in [-0.25, -0.2) is 0 Å². The lowest BCUT2D eigenvalue weighted by atomic mass is 9.92. The summed E-state index contributed by atoms with van der Waals surface area (Å²) < 4.78 is 0. The van der Waals surface area contributed by atoms with Gasteiger partial charge in [-0.3, -0.25) is 14.4 Å². The van der Waals surface area contributed by atoms with E-state index in [9.17, 15) is 19.5 Å². The number of piperazine rings is 1. The van der Waals surface area contributed by atoms with Crippen molar-refractivity contribution >= 4 is 17.7 Å². The summed E-state index contributed by atoms with van der Waals surface area (Å²) in [7, 11) is 4.02. The predicted molar refractivity (Wildman–Crippen MR) is 103 cm³/mol. The van der Waals surface area contributed by atoms with E-state index in [4.69, 9.17) is 0 Å². The molecule has 0 aromatic heterocycles. The van der Waals surface area contributed by atoms with Crippen LogP contribution < -0.4 is 10.6 Å². The number of carbonyl (C=O) groups is 3. The van der Waals surface area contributed by atoms with Crippen LogP contribution in [0.1, 0.15) is 30.9 Å². The van der Waals surface area contributed by atoms with Gasteiger partial charge in [-0.1, -0.05) is 12.1 Å². The van der Waals surface area contributed by atoms with Crippen LogP contribution in [-0.4, -0.2) is 72.4 Å². The normalized spacial score (nSPS) is 24.2. The highest BCUT2D eigenvalue weighted by Crippen LogP contribution is 2.42. The van der Waals surface area contributed by atoms with E-state index in [0.29, 0.717) is 13.0 Å². The number of hydrogen-bond donors (Lipinski definition) is 3. The van der Waals surface area contributed by atoms with Crippen molar-refractivity contribution in [2.75, 3.05) is 33.7 Å². The van der Waals surface area contributed by atoms with Gasteiger partial charge in [0.2, 0.25) is 17.7 Å². The lowest BCUT2D eigenvalue weighted by Crippen LogP contribution is -2.56. The van der Waals surface area contributed by atoms with Gasteiger partial charge >= 0.3 is 0 Å². The molecule has 152 valence electrons. The van der Waals surface area contributed by atoms with Crippen molar-refractivity contribution in [1.29, 1.82) is 0 Å². The highest BCUT2D eigenvalue weighted by molar-refractivity contribution is 5.97. The Morgan fingerprint density at radius 1 is 1.25 bits per heavy atom. The van der Waals surface area contributed by atoms with Gasteiger partial charge in [0.25, 0.3) is 0 Å². The molecule has 2 saturated heterocycles. The molecule has 2 aliphatic heterocycles. The van der Waals surface area contributed by atoms with Crippen molar-refractivity contribution in [2.45, 2.75) is 31.3 Å². The first-order valence-corrected chi connectivity index (χ1v) is 9.68. The van der Waals surface area contributed by atoms with Crippen LogP contribution in [0.4, 0.5) is 0 Å². The van der Waals surface area contributed by atoms with E-state index in [1.54, 1.807) is 17.0 Å². The number of phenolic OH excluding ortho intramolecular Hbond substituents is 1. The molecule has 8 heteroatoms. The van der Waals surface area contributed by atoms with Gasteiger partial charge in [-0.2, -0.15) is 0 Å². The molecule has 1 aromatic rings. The smallest absolute Gasteiger partial charge is 0.243 e.